The third-order valence-corrected chi connectivity index (χ3v) is 4.04. The van der Waals surface area contributed by atoms with Crippen LogP contribution in [0, 0.1) is 0 Å². The first-order valence-electron chi connectivity index (χ1n) is 8.14. The van der Waals surface area contributed by atoms with E-state index in [1.54, 1.807) is 0 Å². The van der Waals surface area contributed by atoms with E-state index in [4.69, 9.17) is 0 Å². The Bertz CT molecular complexity index is 575. The lowest BCUT2D eigenvalue weighted by molar-refractivity contribution is 0.906. The van der Waals surface area contributed by atoms with Gasteiger partial charge in [0.15, 0.2) is 0 Å². The number of aryl methyl sites for hydroxylation is 4. The third-order valence-electron chi connectivity index (χ3n) is 4.04. The zero-order valence-electron chi connectivity index (χ0n) is 13.4. The van der Waals surface area contributed by atoms with E-state index in [2.05, 4.69) is 49.0 Å². The molecule has 0 saturated carbocycles. The van der Waals surface area contributed by atoms with Crippen molar-refractivity contribution in [3.05, 3.63) is 82.9 Å². The van der Waals surface area contributed by atoms with Crippen molar-refractivity contribution in [3.8, 4) is 0 Å². The summed E-state index contributed by atoms with van der Waals surface area (Å²) < 4.78 is 0. The quantitative estimate of drug-likeness (QED) is 0.652. The largest absolute Gasteiger partial charge is 0.103 e. The molecule has 2 aromatic carbocycles. The molecule has 0 heterocycles. The van der Waals surface area contributed by atoms with Gasteiger partial charge < -0.3 is 0 Å². The molecule has 110 valence electrons. The van der Waals surface area contributed by atoms with Crippen molar-refractivity contribution < 1.29 is 0 Å². The molecule has 0 unspecified atom stereocenters. The standard InChI is InChI=1S/C19H20.C2H6/c1-2-3-19-14-17-9-8-15-4-6-16(7-5-15)10-12-18(19)13-11-17;1-2/h2,4-7,11,13-14H,1,3,8-10,12H2;1-2H3. The summed E-state index contributed by atoms with van der Waals surface area (Å²) in [5, 5.41) is 0. The normalized spacial score (nSPS) is 12.9. The molecule has 0 aliphatic heterocycles. The van der Waals surface area contributed by atoms with Gasteiger partial charge in [-0.1, -0.05) is 62.4 Å². The third kappa shape index (κ3) is 4.07. The van der Waals surface area contributed by atoms with E-state index in [1.807, 2.05) is 19.9 Å². The van der Waals surface area contributed by atoms with Crippen LogP contribution in [0.5, 0.6) is 0 Å². The summed E-state index contributed by atoms with van der Waals surface area (Å²) >= 11 is 0. The number of hydrogen-bond acceptors (Lipinski definition) is 0. The van der Waals surface area contributed by atoms with Crippen molar-refractivity contribution >= 4 is 0 Å². The predicted octanol–water partition coefficient (Wildman–Crippen LogP) is 5.33. The van der Waals surface area contributed by atoms with Gasteiger partial charge in [-0.25, -0.2) is 0 Å². The average molecular weight is 278 g/mol. The zero-order chi connectivity index (χ0) is 15.1. The van der Waals surface area contributed by atoms with Gasteiger partial charge in [0.1, 0.15) is 0 Å². The van der Waals surface area contributed by atoms with Crippen LogP contribution in [0.4, 0.5) is 0 Å². The Morgan fingerprint density at radius 2 is 1.33 bits per heavy atom. The molecule has 2 aromatic rings. The van der Waals surface area contributed by atoms with Gasteiger partial charge in [0, 0.05) is 0 Å². The molecule has 0 nitrogen and oxygen atoms in total. The van der Waals surface area contributed by atoms with Gasteiger partial charge >= 0.3 is 0 Å². The number of hydrogen-bond donors (Lipinski definition) is 0. The minimum absolute atomic E-state index is 0.987. The van der Waals surface area contributed by atoms with Crippen LogP contribution in [0.25, 0.3) is 0 Å². The molecule has 0 N–H and O–H groups in total. The Kier molecular flexibility index (Phi) is 5.80. The highest BCUT2D eigenvalue weighted by atomic mass is 14.1. The Morgan fingerprint density at radius 3 is 1.95 bits per heavy atom. The summed E-state index contributed by atoms with van der Waals surface area (Å²) in [7, 11) is 0. The lowest BCUT2D eigenvalue weighted by Crippen LogP contribution is -2.01. The first-order valence-corrected chi connectivity index (χ1v) is 8.14. The summed E-state index contributed by atoms with van der Waals surface area (Å²) in [6.07, 6.45) is 7.52. The molecule has 4 aliphatic rings. The molecule has 0 heteroatoms. The van der Waals surface area contributed by atoms with Gasteiger partial charge in [-0.05, 0) is 59.9 Å². The van der Waals surface area contributed by atoms with Gasteiger partial charge in [0.25, 0.3) is 0 Å². The first-order chi connectivity index (χ1) is 10.3. The second-order valence-corrected chi connectivity index (χ2v) is 5.41. The van der Waals surface area contributed by atoms with E-state index in [-0.39, 0.29) is 0 Å². The van der Waals surface area contributed by atoms with Crippen LogP contribution in [0.15, 0.2) is 55.1 Å². The smallest absolute Gasteiger partial charge is 0.00973 e. The molecular formula is C21H26. The molecule has 0 amide bonds. The zero-order valence-corrected chi connectivity index (χ0v) is 13.4. The van der Waals surface area contributed by atoms with Crippen LogP contribution in [0.2, 0.25) is 0 Å². The summed E-state index contributed by atoms with van der Waals surface area (Å²) in [5.41, 5.74) is 7.28. The highest BCUT2D eigenvalue weighted by Crippen LogP contribution is 2.19. The second-order valence-electron chi connectivity index (χ2n) is 5.41. The molecule has 4 aliphatic carbocycles. The van der Waals surface area contributed by atoms with Crippen molar-refractivity contribution in [3.63, 3.8) is 0 Å². The Hall–Kier alpha value is -1.82. The molecule has 21 heavy (non-hydrogen) atoms. The van der Waals surface area contributed by atoms with E-state index in [1.165, 1.54) is 27.8 Å². The van der Waals surface area contributed by atoms with E-state index in [0.29, 0.717) is 0 Å². The average Bonchev–Trinajstić information content (AvgIpc) is 2.53. The Labute approximate surface area is 129 Å². The van der Waals surface area contributed by atoms with Gasteiger partial charge in [-0.2, -0.15) is 0 Å². The number of allylic oxidation sites excluding steroid dienone is 1. The lowest BCUT2D eigenvalue weighted by atomic mass is 9.92. The fourth-order valence-electron chi connectivity index (χ4n) is 2.86. The van der Waals surface area contributed by atoms with Crippen LogP contribution in [0.3, 0.4) is 0 Å². The topological polar surface area (TPSA) is 0 Å². The second kappa shape index (κ2) is 7.83. The summed E-state index contributed by atoms with van der Waals surface area (Å²) in [6, 6.07) is 16.2. The molecule has 0 aromatic heterocycles. The molecule has 0 spiro atoms. The lowest BCUT2D eigenvalue weighted by Gasteiger charge is -2.13. The molecular weight excluding hydrogens is 252 g/mol. The highest BCUT2D eigenvalue weighted by Gasteiger charge is 2.06. The van der Waals surface area contributed by atoms with E-state index < -0.39 is 0 Å². The maximum absolute atomic E-state index is 3.89. The number of rotatable bonds is 2. The molecule has 0 saturated heterocycles. The molecule has 4 bridgehead atoms. The van der Waals surface area contributed by atoms with Crippen LogP contribution in [-0.2, 0) is 32.1 Å². The van der Waals surface area contributed by atoms with Gasteiger partial charge in [-0.15, -0.1) is 6.58 Å². The van der Waals surface area contributed by atoms with Crippen molar-refractivity contribution in [2.75, 3.05) is 0 Å². The molecule has 0 fully saturated rings. The van der Waals surface area contributed by atoms with E-state index in [0.717, 1.165) is 32.1 Å². The molecule has 6 rings (SSSR count). The summed E-state index contributed by atoms with van der Waals surface area (Å²) in [6.45, 7) is 7.89. The van der Waals surface area contributed by atoms with E-state index >= 15 is 0 Å². The SMILES string of the molecule is C=CCc1cc2ccc1CCc1ccc(cc1)CC2.CC. The van der Waals surface area contributed by atoms with Gasteiger partial charge in [0.2, 0.25) is 0 Å². The minimum atomic E-state index is 0.987. The van der Waals surface area contributed by atoms with E-state index in [9.17, 15) is 0 Å². The fourth-order valence-corrected chi connectivity index (χ4v) is 2.86. The molecule has 0 radical (unpaired) electrons. The van der Waals surface area contributed by atoms with Gasteiger partial charge in [0.05, 0.1) is 0 Å². The van der Waals surface area contributed by atoms with Crippen LogP contribution < -0.4 is 0 Å². The van der Waals surface area contributed by atoms with Crippen molar-refractivity contribution in [1.29, 1.82) is 0 Å². The summed E-state index contributed by atoms with van der Waals surface area (Å²) in [5.74, 6) is 0. The van der Waals surface area contributed by atoms with Crippen LogP contribution in [0.1, 0.15) is 41.7 Å². The first kappa shape index (κ1) is 15.6. The highest BCUT2D eigenvalue weighted by molar-refractivity contribution is 5.36. The Balaban J connectivity index is 0.000000774. The molecule has 0 atom stereocenters. The number of benzene rings is 2. The van der Waals surface area contributed by atoms with Crippen LogP contribution >= 0.6 is 0 Å². The fraction of sp³-hybridized carbons (Fsp3) is 0.333. The minimum Gasteiger partial charge on any atom is -0.103 e. The Morgan fingerprint density at radius 1 is 0.810 bits per heavy atom. The summed E-state index contributed by atoms with van der Waals surface area (Å²) in [4.78, 5) is 0. The van der Waals surface area contributed by atoms with Crippen molar-refractivity contribution in [1.82, 2.24) is 0 Å². The van der Waals surface area contributed by atoms with Crippen molar-refractivity contribution in [2.45, 2.75) is 46.0 Å². The van der Waals surface area contributed by atoms with Crippen molar-refractivity contribution in [2.24, 2.45) is 0 Å². The van der Waals surface area contributed by atoms with Crippen LogP contribution in [-0.4, -0.2) is 0 Å². The predicted molar refractivity (Wildman–Crippen MR) is 92.9 cm³/mol. The maximum atomic E-state index is 3.89. The monoisotopic (exact) mass is 278 g/mol. The maximum Gasteiger partial charge on any atom is -0.00973 e. The van der Waals surface area contributed by atoms with Gasteiger partial charge in [-0.3, -0.25) is 0 Å².